The predicted molar refractivity (Wildman–Crippen MR) is 230 cm³/mol. The summed E-state index contributed by atoms with van der Waals surface area (Å²) in [6.07, 6.45) is 0. The lowest BCUT2D eigenvalue weighted by atomic mass is 9.82. The Morgan fingerprint density at radius 1 is 0.667 bits per heavy atom. The van der Waals surface area contributed by atoms with Gasteiger partial charge in [-0.1, -0.05) is 178 Å². The van der Waals surface area contributed by atoms with Gasteiger partial charge in [0.15, 0.2) is 13.0 Å². The predicted octanol–water partition coefficient (Wildman–Crippen LogP) is 10.3. The molecule has 5 heteroatoms. The van der Waals surface area contributed by atoms with Crippen molar-refractivity contribution in [3.05, 3.63) is 180 Å². The van der Waals surface area contributed by atoms with Crippen molar-refractivity contribution in [3.8, 4) is 22.6 Å². The van der Waals surface area contributed by atoms with Gasteiger partial charge in [-0.2, -0.15) is 0 Å². The number of imidazole rings is 1. The van der Waals surface area contributed by atoms with Crippen LogP contribution in [0.2, 0.25) is 0 Å². The minimum Gasteiger partial charge on any atom is -0.457 e. The Bertz CT molecular complexity index is 3000. The first-order valence-electron chi connectivity index (χ1n) is 20.4. The Labute approximate surface area is 326 Å². The molecule has 0 amide bonds. The van der Waals surface area contributed by atoms with E-state index in [1.807, 2.05) is 30.3 Å². The largest absolute Gasteiger partial charge is 0.457 e. The molecule has 9 aromatic rings. The maximum absolute atomic E-state index is 9.90. The molecule has 1 aliphatic rings. The van der Waals surface area contributed by atoms with E-state index in [1.165, 1.54) is 10.3 Å². The monoisotopic (exact) mass is 736 g/mol. The quantitative estimate of drug-likeness (QED) is 0.130. The molecule has 0 saturated heterocycles. The summed E-state index contributed by atoms with van der Waals surface area (Å²) in [4.78, 5) is 5.97. The second-order valence-corrected chi connectivity index (χ2v) is 19.9. The lowest BCUT2D eigenvalue weighted by Crippen LogP contribution is -2.75. The summed E-state index contributed by atoms with van der Waals surface area (Å²) >= 11 is 1.72. The summed E-state index contributed by atoms with van der Waals surface area (Å²) < 4.78 is 46.7. The summed E-state index contributed by atoms with van der Waals surface area (Å²) in [7, 11) is -3.36. The number of ether oxygens (including phenoxy) is 1. The number of hydrogen-bond donors (Lipinski definition) is 0. The Kier molecular flexibility index (Phi) is 6.60. The molecule has 0 spiro atoms. The van der Waals surface area contributed by atoms with Crippen molar-refractivity contribution in [1.82, 2.24) is 9.38 Å². The van der Waals surface area contributed by atoms with Gasteiger partial charge in [0, 0.05) is 28.1 Å². The van der Waals surface area contributed by atoms with Crippen LogP contribution in [0, 0.1) is 0 Å². The lowest BCUT2D eigenvalue weighted by molar-refractivity contribution is 0.453. The third-order valence-corrected chi connectivity index (χ3v) is 16.8. The normalized spacial score (nSPS) is 16.9. The van der Waals surface area contributed by atoms with E-state index in [0.717, 1.165) is 53.4 Å². The summed E-state index contributed by atoms with van der Waals surface area (Å²) in [6, 6.07) is 56.0. The van der Waals surface area contributed by atoms with Crippen LogP contribution in [0.4, 0.5) is 0 Å². The number of benzene rings is 7. The van der Waals surface area contributed by atoms with Crippen molar-refractivity contribution in [2.24, 2.45) is 0 Å². The first-order valence-corrected chi connectivity index (χ1v) is 21.2. The van der Waals surface area contributed by atoms with Gasteiger partial charge in [-0.05, 0) is 61.6 Å². The van der Waals surface area contributed by atoms with E-state index in [-0.39, 0.29) is 5.41 Å². The van der Waals surface area contributed by atoms with Gasteiger partial charge in [0.1, 0.15) is 11.5 Å². The number of para-hydroxylation sites is 4. The highest BCUT2D eigenvalue weighted by molar-refractivity contribution is 7.24. The third-order valence-electron chi connectivity index (χ3n) is 11.0. The number of rotatable bonds is 5. The van der Waals surface area contributed by atoms with Crippen molar-refractivity contribution >= 4 is 66.4 Å². The van der Waals surface area contributed by atoms with E-state index >= 15 is 0 Å². The Morgan fingerprint density at radius 3 is 2.09 bits per heavy atom. The first kappa shape index (κ1) is 28.7. The number of hydrogen-bond acceptors (Lipinski definition) is 3. The van der Waals surface area contributed by atoms with Gasteiger partial charge in [-0.15, -0.1) is 0 Å². The van der Waals surface area contributed by atoms with Crippen molar-refractivity contribution in [1.29, 1.82) is 0 Å². The smallest absolute Gasteiger partial charge is 0.195 e. The van der Waals surface area contributed by atoms with Crippen LogP contribution in [0.15, 0.2) is 164 Å². The van der Waals surface area contributed by atoms with Crippen LogP contribution in [-0.2, 0) is 5.41 Å². The van der Waals surface area contributed by atoms with Gasteiger partial charge < -0.3 is 4.74 Å². The second kappa shape index (κ2) is 12.4. The average Bonchev–Trinajstić information content (AvgIpc) is 3.78. The third kappa shape index (κ3) is 4.88. The molecule has 0 fully saturated rings. The molecule has 1 atom stereocenters. The molecule has 3 nitrogen and oxygen atoms in total. The van der Waals surface area contributed by atoms with E-state index in [4.69, 9.17) is 13.8 Å². The fourth-order valence-electron chi connectivity index (χ4n) is 8.55. The molecule has 0 N–H and O–H groups in total. The number of fused-ring (bicyclic) bond motifs is 7. The van der Waals surface area contributed by atoms with E-state index in [1.54, 1.807) is 35.6 Å². The van der Waals surface area contributed by atoms with Gasteiger partial charge in [-0.3, -0.25) is 4.40 Å². The molecule has 2 aromatic heterocycles. The van der Waals surface area contributed by atoms with Gasteiger partial charge in [0.05, 0.1) is 21.3 Å². The molecule has 3 heterocycles. The number of aromatic nitrogens is 2. The van der Waals surface area contributed by atoms with Gasteiger partial charge in [0.25, 0.3) is 0 Å². The molecule has 0 radical (unpaired) electrons. The topological polar surface area (TPSA) is 26.5 Å². The van der Waals surface area contributed by atoms with Crippen molar-refractivity contribution < 1.29 is 10.2 Å². The minimum absolute atomic E-state index is 0.270. The van der Waals surface area contributed by atoms with Crippen LogP contribution in [0.3, 0.4) is 0 Å². The zero-order valence-corrected chi connectivity index (χ0v) is 32.1. The van der Waals surface area contributed by atoms with Crippen LogP contribution in [0.5, 0.6) is 11.5 Å². The minimum atomic E-state index is -3.36. The Morgan fingerprint density at radius 2 is 1.33 bits per heavy atom. The van der Waals surface area contributed by atoms with Gasteiger partial charge in [0.2, 0.25) is 0 Å². The standard InChI is InChI=1S/C49H40N2OSSi/c1-32-36-21-11-14-27-44(36)52-46-37(32)22-16-28-45(46)54(33-17-7-5-8-18-33,34-19-9-6-10-20-34)35-29-30-38(40(31-35)49(2,3)4)39-23-15-26-43-47(39)53-48-50-41-24-12-13-25-42(41)51(43)48/h5-32H,1-4H3/i1D3,32D. The van der Waals surface area contributed by atoms with Crippen LogP contribution in [0.25, 0.3) is 37.3 Å². The molecule has 0 aliphatic carbocycles. The number of nitrogens with zero attached hydrogens (tertiary/aromatic N) is 2. The van der Waals surface area contributed by atoms with Crippen molar-refractivity contribution in [2.75, 3.05) is 0 Å². The molecule has 1 aliphatic heterocycles. The highest BCUT2D eigenvalue weighted by Crippen LogP contribution is 2.44. The molecule has 7 aromatic carbocycles. The molecule has 0 bridgehead atoms. The van der Waals surface area contributed by atoms with Crippen molar-refractivity contribution in [3.63, 3.8) is 0 Å². The van der Waals surface area contributed by atoms with Crippen LogP contribution >= 0.6 is 11.3 Å². The highest BCUT2D eigenvalue weighted by Gasteiger charge is 2.46. The first-order chi connectivity index (χ1) is 27.9. The van der Waals surface area contributed by atoms with Gasteiger partial charge in [-0.25, -0.2) is 4.98 Å². The van der Waals surface area contributed by atoms with E-state index in [0.29, 0.717) is 22.6 Å². The fraction of sp³-hybridized carbons (Fsp3) is 0.122. The maximum Gasteiger partial charge on any atom is 0.195 e. The van der Waals surface area contributed by atoms with E-state index < -0.39 is 20.8 Å². The highest BCUT2D eigenvalue weighted by atomic mass is 32.1. The summed E-state index contributed by atoms with van der Waals surface area (Å²) in [5, 5.41) is 4.29. The Balaban J connectivity index is 1.29. The van der Waals surface area contributed by atoms with Crippen LogP contribution in [-0.4, -0.2) is 17.5 Å². The molecular weight excluding hydrogens is 693 g/mol. The van der Waals surface area contributed by atoms with E-state index in [9.17, 15) is 1.37 Å². The van der Waals surface area contributed by atoms with Crippen LogP contribution < -0.4 is 25.5 Å². The molecular formula is C49H40N2OSSi. The zero-order chi connectivity index (χ0) is 40.0. The van der Waals surface area contributed by atoms with E-state index in [2.05, 4.69) is 134 Å². The molecule has 262 valence electrons. The Hall–Kier alpha value is -5.75. The summed E-state index contributed by atoms with van der Waals surface area (Å²) in [5.41, 5.74) is 7.16. The average molecular weight is 737 g/mol. The van der Waals surface area contributed by atoms with Gasteiger partial charge >= 0.3 is 0 Å². The van der Waals surface area contributed by atoms with Crippen LogP contribution in [0.1, 0.15) is 55.7 Å². The molecule has 1 unspecified atom stereocenters. The summed E-state index contributed by atoms with van der Waals surface area (Å²) in [5.74, 6) is -1.20. The molecule has 54 heavy (non-hydrogen) atoms. The fourth-order valence-corrected chi connectivity index (χ4v) is 14.6. The lowest BCUT2D eigenvalue weighted by Gasteiger charge is -2.38. The summed E-state index contributed by atoms with van der Waals surface area (Å²) in [6.45, 7) is 4.14. The second-order valence-electron chi connectivity index (χ2n) is 15.1. The SMILES string of the molecule is [2H]C([2H])([2H])C1([2H])c2ccccc2Oc2c1cccc2[Si](c1ccccc1)(c1ccccc1)c1ccc(-c2cccc3c2sc2nc4ccccc4n23)c(C(C)(C)C)c1. The van der Waals surface area contributed by atoms with Crippen molar-refractivity contribution in [2.45, 2.75) is 38.9 Å². The molecule has 10 rings (SSSR count). The maximum atomic E-state index is 9.90. The number of thiazole rings is 1. The zero-order valence-electron chi connectivity index (χ0n) is 34.3. The molecule has 0 saturated carbocycles.